The lowest BCUT2D eigenvalue weighted by Crippen LogP contribution is -1.96. The van der Waals surface area contributed by atoms with E-state index in [1.807, 2.05) is 12.1 Å². The van der Waals surface area contributed by atoms with Crippen molar-refractivity contribution in [2.75, 3.05) is 0 Å². The topological polar surface area (TPSA) is 37.3 Å². The normalized spacial score (nSPS) is 10.8. The number of hydrogen-bond donors (Lipinski definition) is 1. The van der Waals surface area contributed by atoms with E-state index in [2.05, 4.69) is 0 Å². The van der Waals surface area contributed by atoms with Gasteiger partial charge in [0.05, 0.1) is 5.56 Å². The van der Waals surface area contributed by atoms with Crippen molar-refractivity contribution in [1.29, 1.82) is 0 Å². The summed E-state index contributed by atoms with van der Waals surface area (Å²) >= 11 is 5.77. The van der Waals surface area contributed by atoms with E-state index >= 15 is 0 Å². The van der Waals surface area contributed by atoms with Crippen molar-refractivity contribution < 1.29 is 14.3 Å². The third-order valence-corrected chi connectivity index (χ3v) is 3.59. The predicted molar refractivity (Wildman–Crippen MR) is 81.3 cm³/mol. The summed E-state index contributed by atoms with van der Waals surface area (Å²) in [6.07, 6.45) is 0. The quantitative estimate of drug-likeness (QED) is 0.723. The lowest BCUT2D eigenvalue weighted by Gasteiger charge is -2.09. The van der Waals surface area contributed by atoms with Gasteiger partial charge in [-0.3, -0.25) is 0 Å². The third-order valence-electron chi connectivity index (χ3n) is 3.35. The van der Waals surface area contributed by atoms with Crippen LogP contribution in [0.4, 0.5) is 4.39 Å². The van der Waals surface area contributed by atoms with Crippen molar-refractivity contribution in [3.8, 4) is 11.1 Å². The number of carboxylic acids is 1. The van der Waals surface area contributed by atoms with Crippen LogP contribution in [0.25, 0.3) is 21.9 Å². The van der Waals surface area contributed by atoms with E-state index in [1.54, 1.807) is 30.3 Å². The first kappa shape index (κ1) is 13.6. The standard InChI is InChI=1S/C17H10ClFO2/c18-12-6-7-14(16(19)9-12)13-3-1-2-10-4-5-11(17(20)21)8-15(10)13/h1-9H,(H,20,21). The van der Waals surface area contributed by atoms with E-state index in [1.165, 1.54) is 12.1 Å². The summed E-state index contributed by atoms with van der Waals surface area (Å²) in [7, 11) is 0. The summed E-state index contributed by atoms with van der Waals surface area (Å²) in [6, 6.07) is 14.7. The molecule has 0 bridgehead atoms. The van der Waals surface area contributed by atoms with Crippen LogP contribution in [0.3, 0.4) is 0 Å². The predicted octanol–water partition coefficient (Wildman–Crippen LogP) is 5.00. The second-order valence-electron chi connectivity index (χ2n) is 4.67. The molecule has 0 aliphatic rings. The molecule has 104 valence electrons. The molecule has 0 aromatic heterocycles. The molecule has 0 fully saturated rings. The van der Waals surface area contributed by atoms with Gasteiger partial charge in [-0.05, 0) is 46.7 Å². The molecular weight excluding hydrogens is 291 g/mol. The molecular formula is C17H10ClFO2. The van der Waals surface area contributed by atoms with Crippen LogP contribution in [0.2, 0.25) is 5.02 Å². The lowest BCUT2D eigenvalue weighted by molar-refractivity contribution is 0.0697. The first-order valence-corrected chi connectivity index (χ1v) is 6.65. The monoisotopic (exact) mass is 300 g/mol. The molecule has 3 aromatic carbocycles. The zero-order chi connectivity index (χ0) is 15.0. The molecule has 0 spiro atoms. The Labute approximate surface area is 125 Å². The second kappa shape index (κ2) is 5.19. The highest BCUT2D eigenvalue weighted by molar-refractivity contribution is 6.30. The molecule has 0 radical (unpaired) electrons. The van der Waals surface area contributed by atoms with Crippen molar-refractivity contribution in [3.63, 3.8) is 0 Å². The molecule has 0 aliphatic carbocycles. The summed E-state index contributed by atoms with van der Waals surface area (Å²) in [5.74, 6) is -1.45. The van der Waals surface area contributed by atoms with Crippen LogP contribution in [0.15, 0.2) is 54.6 Å². The minimum Gasteiger partial charge on any atom is -0.478 e. The third kappa shape index (κ3) is 2.48. The number of hydrogen-bond acceptors (Lipinski definition) is 1. The minimum absolute atomic E-state index is 0.171. The zero-order valence-corrected chi connectivity index (χ0v) is 11.6. The lowest BCUT2D eigenvalue weighted by atomic mass is 9.96. The van der Waals surface area contributed by atoms with Gasteiger partial charge in [-0.2, -0.15) is 0 Å². The summed E-state index contributed by atoms with van der Waals surface area (Å²) in [4.78, 5) is 11.1. The maximum absolute atomic E-state index is 14.1. The van der Waals surface area contributed by atoms with Crippen LogP contribution in [0.5, 0.6) is 0 Å². The molecule has 0 unspecified atom stereocenters. The minimum atomic E-state index is -1.01. The molecule has 21 heavy (non-hydrogen) atoms. The first-order valence-electron chi connectivity index (χ1n) is 6.28. The van der Waals surface area contributed by atoms with E-state index in [-0.39, 0.29) is 5.56 Å². The van der Waals surface area contributed by atoms with Crippen LogP contribution in [0.1, 0.15) is 10.4 Å². The van der Waals surface area contributed by atoms with Gasteiger partial charge in [0.25, 0.3) is 0 Å². The summed E-state index contributed by atoms with van der Waals surface area (Å²) in [6.45, 7) is 0. The second-order valence-corrected chi connectivity index (χ2v) is 5.11. The average Bonchev–Trinajstić information content (AvgIpc) is 2.46. The smallest absolute Gasteiger partial charge is 0.335 e. The average molecular weight is 301 g/mol. The highest BCUT2D eigenvalue weighted by atomic mass is 35.5. The van der Waals surface area contributed by atoms with E-state index in [0.29, 0.717) is 21.5 Å². The van der Waals surface area contributed by atoms with Gasteiger partial charge in [-0.15, -0.1) is 0 Å². The van der Waals surface area contributed by atoms with Crippen molar-refractivity contribution in [1.82, 2.24) is 0 Å². The molecule has 0 heterocycles. The maximum atomic E-state index is 14.1. The van der Waals surface area contributed by atoms with Gasteiger partial charge in [0.15, 0.2) is 0 Å². The molecule has 0 aliphatic heterocycles. The van der Waals surface area contributed by atoms with Gasteiger partial charge in [-0.25, -0.2) is 9.18 Å². The Balaban J connectivity index is 2.31. The molecule has 3 aromatic rings. The molecule has 2 nitrogen and oxygen atoms in total. The Morgan fingerprint density at radius 1 is 1.00 bits per heavy atom. The Bertz CT molecular complexity index is 859. The number of halogens is 2. The fourth-order valence-electron chi connectivity index (χ4n) is 2.35. The Hall–Kier alpha value is -2.39. The summed E-state index contributed by atoms with van der Waals surface area (Å²) < 4.78 is 14.1. The summed E-state index contributed by atoms with van der Waals surface area (Å²) in [5.41, 5.74) is 1.21. The van der Waals surface area contributed by atoms with Gasteiger partial charge in [0.2, 0.25) is 0 Å². The van der Waals surface area contributed by atoms with E-state index in [0.717, 1.165) is 5.39 Å². The highest BCUT2D eigenvalue weighted by Gasteiger charge is 2.11. The molecule has 3 rings (SSSR count). The van der Waals surface area contributed by atoms with Gasteiger partial charge in [-0.1, -0.05) is 35.9 Å². The van der Waals surface area contributed by atoms with Gasteiger partial charge < -0.3 is 5.11 Å². The first-order chi connectivity index (χ1) is 10.1. The molecule has 4 heteroatoms. The highest BCUT2D eigenvalue weighted by Crippen LogP contribution is 2.32. The fraction of sp³-hybridized carbons (Fsp3) is 0. The van der Waals surface area contributed by atoms with E-state index in [4.69, 9.17) is 16.7 Å². The Morgan fingerprint density at radius 3 is 2.52 bits per heavy atom. The number of rotatable bonds is 2. The van der Waals surface area contributed by atoms with Gasteiger partial charge in [0.1, 0.15) is 5.82 Å². The molecule has 0 atom stereocenters. The van der Waals surface area contributed by atoms with E-state index in [9.17, 15) is 9.18 Å². The molecule has 1 N–H and O–H groups in total. The Morgan fingerprint density at radius 2 is 1.81 bits per heavy atom. The van der Waals surface area contributed by atoms with Crippen LogP contribution >= 0.6 is 11.6 Å². The van der Waals surface area contributed by atoms with Crippen LogP contribution < -0.4 is 0 Å². The van der Waals surface area contributed by atoms with Crippen molar-refractivity contribution in [3.05, 3.63) is 71.0 Å². The van der Waals surface area contributed by atoms with Crippen molar-refractivity contribution in [2.24, 2.45) is 0 Å². The van der Waals surface area contributed by atoms with Gasteiger partial charge >= 0.3 is 5.97 Å². The van der Waals surface area contributed by atoms with E-state index < -0.39 is 11.8 Å². The largest absolute Gasteiger partial charge is 0.478 e. The summed E-state index contributed by atoms with van der Waals surface area (Å²) in [5, 5.41) is 11.0. The zero-order valence-electron chi connectivity index (χ0n) is 10.8. The van der Waals surface area contributed by atoms with Crippen LogP contribution in [-0.4, -0.2) is 11.1 Å². The van der Waals surface area contributed by atoms with Crippen LogP contribution in [0, 0.1) is 5.82 Å². The number of aromatic carboxylic acids is 1. The maximum Gasteiger partial charge on any atom is 0.335 e. The SMILES string of the molecule is O=C(O)c1ccc2cccc(-c3ccc(Cl)cc3F)c2c1. The fourth-order valence-corrected chi connectivity index (χ4v) is 2.51. The van der Waals surface area contributed by atoms with Crippen LogP contribution in [-0.2, 0) is 0 Å². The molecule has 0 saturated carbocycles. The molecule has 0 amide bonds. The van der Waals surface area contributed by atoms with Crippen molar-refractivity contribution in [2.45, 2.75) is 0 Å². The number of carboxylic acid groups (broad SMARTS) is 1. The Kier molecular flexibility index (Phi) is 3.35. The number of benzene rings is 3. The number of carbonyl (C=O) groups is 1. The van der Waals surface area contributed by atoms with Gasteiger partial charge in [0, 0.05) is 10.6 Å². The molecule has 0 saturated heterocycles. The van der Waals surface area contributed by atoms with Crippen molar-refractivity contribution >= 4 is 28.3 Å². The number of fused-ring (bicyclic) bond motifs is 1.